The molecule has 0 spiro atoms. The number of nitrogens with one attached hydrogen (secondary N) is 1. The molecule has 2 aliphatic heterocycles. The quantitative estimate of drug-likeness (QED) is 0.631. The number of piperidine rings is 1. The van der Waals surface area contributed by atoms with Crippen molar-refractivity contribution in [2.24, 2.45) is 11.8 Å². The first kappa shape index (κ1) is 8.16. The maximum atomic E-state index is 5.64. The zero-order valence-electron chi connectivity index (χ0n) is 8.20. The SMILES string of the molecule is C1=CCC2C(=C1)OC=C1NCCCC12. The van der Waals surface area contributed by atoms with Crippen LogP contribution < -0.4 is 5.32 Å². The van der Waals surface area contributed by atoms with Crippen LogP contribution in [0.5, 0.6) is 0 Å². The number of rotatable bonds is 0. The first-order valence-electron chi connectivity index (χ1n) is 5.42. The largest absolute Gasteiger partial charge is 0.467 e. The van der Waals surface area contributed by atoms with Crippen LogP contribution in [-0.2, 0) is 4.74 Å². The zero-order chi connectivity index (χ0) is 9.38. The number of hydrogen-bond donors (Lipinski definition) is 1. The third-order valence-corrected chi connectivity index (χ3v) is 3.38. The fraction of sp³-hybridized carbons (Fsp3) is 0.500. The van der Waals surface area contributed by atoms with Crippen molar-refractivity contribution < 1.29 is 4.74 Å². The summed E-state index contributed by atoms with van der Waals surface area (Å²) in [4.78, 5) is 0. The highest BCUT2D eigenvalue weighted by atomic mass is 16.5. The molecule has 0 radical (unpaired) electrons. The molecule has 0 aromatic rings. The standard InChI is InChI=1S/C12H15NO/c1-2-6-12-10(4-1)9-5-3-7-13-11(9)8-14-12/h1-2,6,8-10,13H,3-5,7H2. The van der Waals surface area contributed by atoms with Crippen molar-refractivity contribution >= 4 is 0 Å². The lowest BCUT2D eigenvalue weighted by Gasteiger charge is -2.37. The third kappa shape index (κ3) is 1.17. The average Bonchev–Trinajstić information content (AvgIpc) is 2.29. The van der Waals surface area contributed by atoms with Crippen LogP contribution >= 0.6 is 0 Å². The van der Waals surface area contributed by atoms with Gasteiger partial charge in [0, 0.05) is 18.4 Å². The molecule has 3 rings (SSSR count). The molecule has 14 heavy (non-hydrogen) atoms. The van der Waals surface area contributed by atoms with Crippen molar-refractivity contribution in [3.05, 3.63) is 35.9 Å². The highest BCUT2D eigenvalue weighted by Crippen LogP contribution is 2.40. The van der Waals surface area contributed by atoms with Crippen molar-refractivity contribution in [1.29, 1.82) is 0 Å². The highest BCUT2D eigenvalue weighted by Gasteiger charge is 2.34. The number of allylic oxidation sites excluding steroid dienone is 5. The molecule has 0 aromatic carbocycles. The van der Waals surface area contributed by atoms with E-state index in [0.717, 1.165) is 18.7 Å². The first-order chi connectivity index (χ1) is 6.95. The van der Waals surface area contributed by atoms with Crippen LogP contribution in [-0.4, -0.2) is 6.54 Å². The van der Waals surface area contributed by atoms with Crippen molar-refractivity contribution in [3.63, 3.8) is 0 Å². The Morgan fingerprint density at radius 3 is 3.36 bits per heavy atom. The molecule has 0 aromatic heterocycles. The van der Waals surface area contributed by atoms with Crippen LogP contribution in [0.2, 0.25) is 0 Å². The number of fused-ring (bicyclic) bond motifs is 3. The Labute approximate surface area is 84.3 Å². The Hall–Kier alpha value is -1.18. The average molecular weight is 189 g/mol. The molecule has 0 amide bonds. The summed E-state index contributed by atoms with van der Waals surface area (Å²) in [5, 5.41) is 3.44. The second kappa shape index (κ2) is 3.19. The van der Waals surface area contributed by atoms with Gasteiger partial charge in [0.25, 0.3) is 0 Å². The Morgan fingerprint density at radius 1 is 1.36 bits per heavy atom. The summed E-state index contributed by atoms with van der Waals surface area (Å²) in [6.45, 7) is 1.10. The number of ether oxygens (including phenoxy) is 1. The molecule has 1 fully saturated rings. The molecule has 1 saturated heterocycles. The van der Waals surface area contributed by atoms with Crippen LogP contribution in [0.4, 0.5) is 0 Å². The van der Waals surface area contributed by atoms with E-state index in [1.165, 1.54) is 18.5 Å². The van der Waals surface area contributed by atoms with Crippen LogP contribution in [0.25, 0.3) is 0 Å². The summed E-state index contributed by atoms with van der Waals surface area (Å²) in [6.07, 6.45) is 12.1. The summed E-state index contributed by atoms with van der Waals surface area (Å²) in [6, 6.07) is 0. The van der Waals surface area contributed by atoms with E-state index in [-0.39, 0.29) is 0 Å². The van der Waals surface area contributed by atoms with E-state index < -0.39 is 0 Å². The predicted octanol–water partition coefficient (Wildman–Crippen LogP) is 2.32. The molecule has 0 saturated carbocycles. The van der Waals surface area contributed by atoms with Crippen molar-refractivity contribution in [2.45, 2.75) is 19.3 Å². The minimum Gasteiger partial charge on any atom is -0.467 e. The Balaban J connectivity index is 1.92. The van der Waals surface area contributed by atoms with Gasteiger partial charge in [0.2, 0.25) is 0 Å². The van der Waals surface area contributed by atoms with Crippen molar-refractivity contribution in [2.75, 3.05) is 6.54 Å². The Bertz CT molecular complexity index is 327. The van der Waals surface area contributed by atoms with Gasteiger partial charge < -0.3 is 10.1 Å². The molecule has 2 unspecified atom stereocenters. The predicted molar refractivity (Wildman–Crippen MR) is 55.2 cm³/mol. The molecule has 2 atom stereocenters. The topological polar surface area (TPSA) is 21.3 Å². The van der Waals surface area contributed by atoms with E-state index in [1.54, 1.807) is 0 Å². The van der Waals surface area contributed by atoms with E-state index in [2.05, 4.69) is 23.5 Å². The van der Waals surface area contributed by atoms with Crippen LogP contribution in [0.3, 0.4) is 0 Å². The second-order valence-corrected chi connectivity index (χ2v) is 4.21. The molecule has 2 heterocycles. The molecule has 2 heteroatoms. The van der Waals surface area contributed by atoms with Crippen molar-refractivity contribution in [3.8, 4) is 0 Å². The van der Waals surface area contributed by atoms with Gasteiger partial charge >= 0.3 is 0 Å². The van der Waals surface area contributed by atoms with Gasteiger partial charge in [-0.05, 0) is 25.3 Å². The summed E-state index contributed by atoms with van der Waals surface area (Å²) in [5.41, 5.74) is 1.31. The fourth-order valence-electron chi connectivity index (χ4n) is 2.64. The Kier molecular flexibility index (Phi) is 1.86. The van der Waals surface area contributed by atoms with E-state index in [1.807, 2.05) is 6.26 Å². The van der Waals surface area contributed by atoms with Crippen molar-refractivity contribution in [1.82, 2.24) is 5.32 Å². The molecular formula is C12H15NO. The molecule has 1 N–H and O–H groups in total. The monoisotopic (exact) mass is 189 g/mol. The smallest absolute Gasteiger partial charge is 0.110 e. The van der Waals surface area contributed by atoms with Gasteiger partial charge in [-0.25, -0.2) is 0 Å². The number of hydrogen-bond acceptors (Lipinski definition) is 2. The minimum absolute atomic E-state index is 0.591. The van der Waals surface area contributed by atoms with E-state index in [4.69, 9.17) is 4.74 Å². The Morgan fingerprint density at radius 2 is 2.36 bits per heavy atom. The zero-order valence-corrected chi connectivity index (χ0v) is 8.20. The van der Waals surface area contributed by atoms with Gasteiger partial charge in [0.05, 0.1) is 5.70 Å². The second-order valence-electron chi connectivity index (χ2n) is 4.21. The first-order valence-corrected chi connectivity index (χ1v) is 5.42. The lowest BCUT2D eigenvalue weighted by atomic mass is 9.78. The van der Waals surface area contributed by atoms with E-state index >= 15 is 0 Å². The fourth-order valence-corrected chi connectivity index (χ4v) is 2.64. The van der Waals surface area contributed by atoms with Gasteiger partial charge in [0.15, 0.2) is 0 Å². The molecule has 74 valence electrons. The van der Waals surface area contributed by atoms with Gasteiger partial charge in [-0.15, -0.1) is 0 Å². The van der Waals surface area contributed by atoms with Crippen LogP contribution in [0, 0.1) is 11.8 Å². The highest BCUT2D eigenvalue weighted by molar-refractivity contribution is 5.25. The van der Waals surface area contributed by atoms with E-state index in [9.17, 15) is 0 Å². The lowest BCUT2D eigenvalue weighted by Crippen LogP contribution is -2.36. The molecule has 0 bridgehead atoms. The van der Waals surface area contributed by atoms with Gasteiger partial charge in [-0.2, -0.15) is 0 Å². The lowest BCUT2D eigenvalue weighted by molar-refractivity contribution is 0.188. The van der Waals surface area contributed by atoms with Gasteiger partial charge in [0.1, 0.15) is 12.0 Å². The van der Waals surface area contributed by atoms with Crippen LogP contribution in [0.1, 0.15) is 19.3 Å². The molecule has 1 aliphatic carbocycles. The normalized spacial score (nSPS) is 34.3. The minimum atomic E-state index is 0.591. The van der Waals surface area contributed by atoms with Crippen LogP contribution in [0.15, 0.2) is 35.9 Å². The maximum Gasteiger partial charge on any atom is 0.110 e. The molecule has 2 nitrogen and oxygen atoms in total. The van der Waals surface area contributed by atoms with Gasteiger partial charge in [-0.3, -0.25) is 0 Å². The molecule has 3 aliphatic rings. The summed E-state index contributed by atoms with van der Waals surface area (Å²) in [5.74, 6) is 2.42. The van der Waals surface area contributed by atoms with Gasteiger partial charge in [-0.1, -0.05) is 12.2 Å². The summed E-state index contributed by atoms with van der Waals surface area (Å²) < 4.78 is 5.64. The summed E-state index contributed by atoms with van der Waals surface area (Å²) >= 11 is 0. The summed E-state index contributed by atoms with van der Waals surface area (Å²) in [7, 11) is 0. The maximum absolute atomic E-state index is 5.64. The molecular weight excluding hydrogens is 174 g/mol. The van der Waals surface area contributed by atoms with E-state index in [0.29, 0.717) is 11.8 Å². The third-order valence-electron chi connectivity index (χ3n) is 3.38.